The molecule has 2 amide bonds. The molecule has 2 aromatic rings. The van der Waals surface area contributed by atoms with Crippen molar-refractivity contribution in [3.8, 4) is 5.75 Å². The average molecular weight is 439 g/mol. The number of nitrogens with zero attached hydrogens (tertiary/aromatic N) is 2. The summed E-state index contributed by atoms with van der Waals surface area (Å²) in [6, 6.07) is 11.0. The maximum atomic E-state index is 12.5. The zero-order valence-corrected chi connectivity index (χ0v) is 17.7. The van der Waals surface area contributed by atoms with Crippen molar-refractivity contribution in [1.82, 2.24) is 15.2 Å². The number of ether oxygens (including phenoxy) is 3. The van der Waals surface area contributed by atoms with Crippen molar-refractivity contribution in [2.75, 3.05) is 33.4 Å². The maximum absolute atomic E-state index is 12.5. The second-order valence-electron chi connectivity index (χ2n) is 7.03. The van der Waals surface area contributed by atoms with Crippen LogP contribution in [0.4, 0.5) is 0 Å². The van der Waals surface area contributed by atoms with Gasteiger partial charge in [-0.25, -0.2) is 4.79 Å². The zero-order chi connectivity index (χ0) is 22.8. The lowest BCUT2D eigenvalue weighted by Crippen LogP contribution is -2.47. The van der Waals surface area contributed by atoms with Crippen LogP contribution in [-0.4, -0.2) is 67.2 Å². The number of aromatic nitrogens is 1. The molecule has 0 bridgehead atoms. The Kier molecular flexibility index (Phi) is 8.33. The molecule has 32 heavy (non-hydrogen) atoms. The van der Waals surface area contributed by atoms with E-state index in [1.807, 2.05) is 30.3 Å². The number of amides is 2. The van der Waals surface area contributed by atoms with Gasteiger partial charge in [0, 0.05) is 31.4 Å². The molecule has 1 aromatic heterocycles. The number of rotatable bonds is 8. The summed E-state index contributed by atoms with van der Waals surface area (Å²) in [5.41, 5.74) is 1.26. The Balaban J connectivity index is 1.45. The van der Waals surface area contributed by atoms with Gasteiger partial charge in [0.25, 0.3) is 0 Å². The highest BCUT2D eigenvalue weighted by molar-refractivity contribution is 5.96. The number of esters is 1. The number of morpholine rings is 1. The van der Waals surface area contributed by atoms with Crippen LogP contribution in [0, 0.1) is 0 Å². The van der Waals surface area contributed by atoms with Crippen molar-refractivity contribution in [3.63, 3.8) is 0 Å². The number of pyridine rings is 1. The van der Waals surface area contributed by atoms with E-state index in [-0.39, 0.29) is 30.1 Å². The molecular formula is C23H25N3O6. The number of methoxy groups -OCH3 is 1. The van der Waals surface area contributed by atoms with Crippen LogP contribution in [0.1, 0.15) is 15.9 Å². The van der Waals surface area contributed by atoms with Crippen molar-refractivity contribution in [1.29, 1.82) is 0 Å². The molecular weight excluding hydrogens is 414 g/mol. The molecule has 1 saturated heterocycles. The fourth-order valence-corrected chi connectivity index (χ4v) is 3.03. The molecule has 0 spiro atoms. The summed E-state index contributed by atoms with van der Waals surface area (Å²) < 4.78 is 16.0. The predicted molar refractivity (Wildman–Crippen MR) is 115 cm³/mol. The minimum atomic E-state index is -0.506. The molecule has 9 heteroatoms. The van der Waals surface area contributed by atoms with Gasteiger partial charge in [-0.05, 0) is 11.6 Å². The van der Waals surface area contributed by atoms with Crippen molar-refractivity contribution in [2.45, 2.75) is 12.6 Å². The van der Waals surface area contributed by atoms with E-state index in [2.05, 4.69) is 15.0 Å². The van der Waals surface area contributed by atoms with E-state index >= 15 is 0 Å². The molecule has 0 radical (unpaired) electrons. The van der Waals surface area contributed by atoms with E-state index < -0.39 is 5.97 Å². The third-order valence-electron chi connectivity index (χ3n) is 4.71. The van der Waals surface area contributed by atoms with Gasteiger partial charge in [0.05, 0.1) is 32.0 Å². The Labute approximate surface area is 186 Å². The molecule has 3 rings (SSSR count). The molecule has 168 valence electrons. The van der Waals surface area contributed by atoms with Gasteiger partial charge in [-0.2, -0.15) is 0 Å². The Bertz CT molecular complexity index is 963. The fraction of sp³-hybridized carbons (Fsp3) is 0.304. The summed E-state index contributed by atoms with van der Waals surface area (Å²) in [4.78, 5) is 41.6. The maximum Gasteiger partial charge on any atom is 0.339 e. The van der Waals surface area contributed by atoms with Crippen LogP contribution in [-0.2, 0) is 25.6 Å². The second kappa shape index (κ2) is 11.6. The highest BCUT2D eigenvalue weighted by Gasteiger charge is 2.24. The van der Waals surface area contributed by atoms with Crippen LogP contribution >= 0.6 is 0 Å². The van der Waals surface area contributed by atoms with Crippen LogP contribution in [0.25, 0.3) is 0 Å². The third kappa shape index (κ3) is 6.92. The largest absolute Gasteiger partial charge is 0.489 e. The Hall–Kier alpha value is -3.72. The number of hydrogen-bond acceptors (Lipinski definition) is 7. The Morgan fingerprint density at radius 2 is 2.03 bits per heavy atom. The lowest BCUT2D eigenvalue weighted by atomic mass is 10.2. The van der Waals surface area contributed by atoms with Gasteiger partial charge < -0.3 is 24.4 Å². The molecule has 2 heterocycles. The molecule has 1 unspecified atom stereocenters. The Morgan fingerprint density at radius 3 is 2.81 bits per heavy atom. The molecule has 1 fully saturated rings. The minimum Gasteiger partial charge on any atom is -0.489 e. The standard InChI is InChI=1S/C23H25N3O6/c1-30-23(29)18-11-19(14-24-13-18)32-16-20-15-26(9-10-31-20)22(28)8-7-21(27)25-12-17-5-3-2-4-6-17/h2-8,11,13-14,20H,9-10,12,15-16H2,1H3,(H,25,27)/b8-7+. The molecule has 0 aliphatic carbocycles. The predicted octanol–water partition coefficient (Wildman–Crippen LogP) is 1.35. The van der Waals surface area contributed by atoms with E-state index in [0.29, 0.717) is 32.0 Å². The second-order valence-corrected chi connectivity index (χ2v) is 7.03. The van der Waals surface area contributed by atoms with Crippen molar-refractivity contribution >= 4 is 17.8 Å². The van der Waals surface area contributed by atoms with E-state index in [9.17, 15) is 14.4 Å². The first-order chi connectivity index (χ1) is 15.5. The summed E-state index contributed by atoms with van der Waals surface area (Å²) in [5.74, 6) is -0.723. The van der Waals surface area contributed by atoms with Gasteiger partial charge in [0.2, 0.25) is 11.8 Å². The summed E-state index contributed by atoms with van der Waals surface area (Å²) in [5, 5.41) is 2.74. The molecule has 1 aliphatic heterocycles. The van der Waals surface area contributed by atoms with E-state index in [0.717, 1.165) is 5.56 Å². The van der Waals surface area contributed by atoms with E-state index in [1.165, 1.54) is 37.7 Å². The van der Waals surface area contributed by atoms with Crippen LogP contribution in [0.3, 0.4) is 0 Å². The molecule has 9 nitrogen and oxygen atoms in total. The van der Waals surface area contributed by atoms with E-state index in [4.69, 9.17) is 9.47 Å². The average Bonchev–Trinajstić information content (AvgIpc) is 2.85. The summed E-state index contributed by atoms with van der Waals surface area (Å²) in [6.07, 6.45) is 5.01. The fourth-order valence-electron chi connectivity index (χ4n) is 3.03. The summed E-state index contributed by atoms with van der Waals surface area (Å²) >= 11 is 0. The first-order valence-corrected chi connectivity index (χ1v) is 10.1. The van der Waals surface area contributed by atoms with Gasteiger partial charge in [0.15, 0.2) is 0 Å². The van der Waals surface area contributed by atoms with Crippen LogP contribution in [0.2, 0.25) is 0 Å². The quantitative estimate of drug-likeness (QED) is 0.489. The topological polar surface area (TPSA) is 107 Å². The summed E-state index contributed by atoms with van der Waals surface area (Å²) in [7, 11) is 1.29. The van der Waals surface area contributed by atoms with E-state index in [1.54, 1.807) is 4.90 Å². The van der Waals surface area contributed by atoms with Crippen molar-refractivity contribution in [2.24, 2.45) is 0 Å². The van der Waals surface area contributed by atoms with Gasteiger partial charge in [0.1, 0.15) is 18.5 Å². The molecule has 0 saturated carbocycles. The van der Waals surface area contributed by atoms with Gasteiger partial charge in [-0.15, -0.1) is 0 Å². The minimum absolute atomic E-state index is 0.178. The third-order valence-corrected chi connectivity index (χ3v) is 4.71. The lowest BCUT2D eigenvalue weighted by Gasteiger charge is -2.32. The van der Waals surface area contributed by atoms with Crippen LogP contribution < -0.4 is 10.1 Å². The number of hydrogen-bond donors (Lipinski definition) is 1. The number of carbonyl (C=O) groups is 3. The van der Waals surface area contributed by atoms with Crippen molar-refractivity contribution in [3.05, 3.63) is 72.1 Å². The first-order valence-electron chi connectivity index (χ1n) is 10.1. The smallest absolute Gasteiger partial charge is 0.339 e. The van der Waals surface area contributed by atoms with Gasteiger partial charge >= 0.3 is 5.97 Å². The molecule has 1 aliphatic rings. The molecule has 1 atom stereocenters. The number of nitrogens with one attached hydrogen (secondary N) is 1. The molecule has 1 N–H and O–H groups in total. The number of benzene rings is 1. The van der Waals surface area contributed by atoms with Crippen molar-refractivity contribution < 1.29 is 28.6 Å². The lowest BCUT2D eigenvalue weighted by molar-refractivity contribution is -0.134. The number of carbonyl (C=O) groups excluding carboxylic acids is 3. The Morgan fingerprint density at radius 1 is 1.22 bits per heavy atom. The molecule has 1 aromatic carbocycles. The normalized spacial score (nSPS) is 15.9. The van der Waals surface area contributed by atoms with Crippen LogP contribution in [0.5, 0.6) is 5.75 Å². The van der Waals surface area contributed by atoms with Gasteiger partial charge in [-0.1, -0.05) is 30.3 Å². The summed E-state index contributed by atoms with van der Waals surface area (Å²) in [6.45, 7) is 1.66. The first kappa shape index (κ1) is 23.0. The van der Waals surface area contributed by atoms with Crippen LogP contribution in [0.15, 0.2) is 60.9 Å². The highest BCUT2D eigenvalue weighted by atomic mass is 16.5. The SMILES string of the molecule is COC(=O)c1cncc(OCC2CN(C(=O)/C=C/C(=O)NCc3ccccc3)CCO2)c1. The zero-order valence-electron chi connectivity index (χ0n) is 17.7. The monoisotopic (exact) mass is 439 g/mol. The highest BCUT2D eigenvalue weighted by Crippen LogP contribution is 2.14. The van der Waals surface area contributed by atoms with Gasteiger partial charge in [-0.3, -0.25) is 14.6 Å².